The summed E-state index contributed by atoms with van der Waals surface area (Å²) in [5, 5.41) is 3.88. The van der Waals surface area contributed by atoms with Crippen LogP contribution >= 0.6 is 11.6 Å². The summed E-state index contributed by atoms with van der Waals surface area (Å²) >= 11 is 6.12. The van der Waals surface area contributed by atoms with Crippen molar-refractivity contribution >= 4 is 40.3 Å². The Morgan fingerprint density at radius 1 is 0.938 bits per heavy atom. The quantitative estimate of drug-likeness (QED) is 0.211. The predicted molar refractivity (Wildman–Crippen MR) is 187 cm³/mol. The summed E-state index contributed by atoms with van der Waals surface area (Å²) in [5.41, 5.74) is 4.27. The first-order chi connectivity index (χ1) is 23.2. The highest BCUT2D eigenvalue weighted by atomic mass is 35.5. The molecule has 2 aliphatic heterocycles. The number of carbonyl (C=O) groups is 3. The van der Waals surface area contributed by atoms with E-state index in [1.165, 1.54) is 17.2 Å². The number of piperidine rings is 2. The highest BCUT2D eigenvalue weighted by Crippen LogP contribution is 2.32. The maximum atomic E-state index is 14.1. The second-order valence-electron chi connectivity index (χ2n) is 13.3. The highest BCUT2D eigenvalue weighted by molar-refractivity contribution is 6.30. The summed E-state index contributed by atoms with van der Waals surface area (Å²) < 4.78 is 5.89. The van der Waals surface area contributed by atoms with Crippen LogP contribution in [0.3, 0.4) is 0 Å². The molecule has 1 aromatic heterocycles. The molecule has 48 heavy (non-hydrogen) atoms. The van der Waals surface area contributed by atoms with Gasteiger partial charge in [-0.1, -0.05) is 67.9 Å². The SMILES string of the molecule is CC(C)c1ccc2oc(C(=O)N[C@@H](Cc3ccc(Cl)cc3)C(=O)N3CCC(c4ccccc4CN4CCCCC4=O)CC3)cc(=O)c2c1. The van der Waals surface area contributed by atoms with Crippen molar-refractivity contribution in [1.29, 1.82) is 0 Å². The van der Waals surface area contributed by atoms with Crippen molar-refractivity contribution in [1.82, 2.24) is 15.1 Å². The lowest BCUT2D eigenvalue weighted by Crippen LogP contribution is -2.51. The van der Waals surface area contributed by atoms with Gasteiger partial charge in [0.25, 0.3) is 5.91 Å². The second kappa shape index (κ2) is 14.8. The molecule has 0 saturated carbocycles. The first kappa shape index (κ1) is 33.5. The number of amides is 3. The molecule has 3 aromatic carbocycles. The van der Waals surface area contributed by atoms with E-state index in [-0.39, 0.29) is 41.3 Å². The lowest BCUT2D eigenvalue weighted by Gasteiger charge is -2.36. The molecular weight excluding hydrogens is 626 g/mol. The van der Waals surface area contributed by atoms with Crippen LogP contribution in [0.2, 0.25) is 5.02 Å². The van der Waals surface area contributed by atoms with Crippen molar-refractivity contribution in [2.24, 2.45) is 0 Å². The molecule has 2 aliphatic rings. The van der Waals surface area contributed by atoms with E-state index < -0.39 is 11.9 Å². The summed E-state index contributed by atoms with van der Waals surface area (Å²) in [5.74, 6) is -0.229. The molecule has 1 N–H and O–H groups in total. The average molecular weight is 668 g/mol. The molecule has 4 aromatic rings. The Hall–Kier alpha value is -4.43. The van der Waals surface area contributed by atoms with Crippen molar-refractivity contribution in [2.75, 3.05) is 19.6 Å². The van der Waals surface area contributed by atoms with Gasteiger partial charge in [0, 0.05) is 50.1 Å². The van der Waals surface area contributed by atoms with Crippen molar-refractivity contribution in [3.05, 3.63) is 116 Å². The number of halogens is 1. The van der Waals surface area contributed by atoms with Gasteiger partial charge < -0.3 is 19.5 Å². The lowest BCUT2D eigenvalue weighted by molar-refractivity contribution is -0.135. The number of hydrogen-bond acceptors (Lipinski definition) is 5. The van der Waals surface area contributed by atoms with Gasteiger partial charge in [0.1, 0.15) is 11.6 Å². The summed E-state index contributed by atoms with van der Waals surface area (Å²) in [7, 11) is 0. The maximum absolute atomic E-state index is 14.1. The fourth-order valence-electron chi connectivity index (χ4n) is 6.87. The van der Waals surface area contributed by atoms with Gasteiger partial charge in [-0.2, -0.15) is 0 Å². The largest absolute Gasteiger partial charge is 0.451 e. The van der Waals surface area contributed by atoms with Crippen LogP contribution in [0.15, 0.2) is 82.0 Å². The normalized spacial score (nSPS) is 16.4. The van der Waals surface area contributed by atoms with Crippen molar-refractivity contribution in [3.63, 3.8) is 0 Å². The number of likely N-dealkylation sites (tertiary alicyclic amines) is 2. The van der Waals surface area contributed by atoms with Crippen molar-refractivity contribution < 1.29 is 18.8 Å². The summed E-state index contributed by atoms with van der Waals surface area (Å²) in [4.78, 5) is 56.9. The molecule has 8 nitrogen and oxygen atoms in total. The second-order valence-corrected chi connectivity index (χ2v) is 13.7. The predicted octanol–water partition coefficient (Wildman–Crippen LogP) is 6.83. The van der Waals surface area contributed by atoms with Gasteiger partial charge in [0.05, 0.1) is 5.39 Å². The van der Waals surface area contributed by atoms with Crippen LogP contribution in [-0.4, -0.2) is 53.2 Å². The van der Waals surface area contributed by atoms with Crippen LogP contribution in [-0.2, 0) is 22.6 Å². The minimum Gasteiger partial charge on any atom is -0.451 e. The Morgan fingerprint density at radius 2 is 1.69 bits per heavy atom. The molecule has 0 aliphatic carbocycles. The molecule has 6 rings (SSSR count). The number of hydrogen-bond donors (Lipinski definition) is 1. The lowest BCUT2D eigenvalue weighted by atomic mass is 9.86. The summed E-state index contributed by atoms with van der Waals surface area (Å²) in [6, 6.07) is 21.3. The van der Waals surface area contributed by atoms with Crippen LogP contribution in [0.1, 0.15) is 90.6 Å². The van der Waals surface area contributed by atoms with E-state index in [0.29, 0.717) is 42.0 Å². The molecule has 0 bridgehead atoms. The van der Waals surface area contributed by atoms with E-state index in [4.69, 9.17) is 16.0 Å². The molecule has 250 valence electrons. The topological polar surface area (TPSA) is 99.9 Å². The Balaban J connectivity index is 1.18. The van der Waals surface area contributed by atoms with Gasteiger partial charge in [-0.3, -0.25) is 19.2 Å². The molecular formula is C39H42ClN3O5. The van der Waals surface area contributed by atoms with Gasteiger partial charge in [-0.05, 0) is 84.0 Å². The van der Waals surface area contributed by atoms with E-state index >= 15 is 0 Å². The van der Waals surface area contributed by atoms with Gasteiger partial charge in [0.15, 0.2) is 11.2 Å². The van der Waals surface area contributed by atoms with Crippen LogP contribution in [0.5, 0.6) is 0 Å². The number of nitrogens with one attached hydrogen (secondary N) is 1. The van der Waals surface area contributed by atoms with Gasteiger partial charge in [-0.15, -0.1) is 0 Å². The number of nitrogens with zero attached hydrogens (tertiary/aromatic N) is 2. The van der Waals surface area contributed by atoms with E-state index in [1.54, 1.807) is 24.3 Å². The Labute approximate surface area is 286 Å². The molecule has 0 spiro atoms. The summed E-state index contributed by atoms with van der Waals surface area (Å²) in [6.07, 6.45) is 4.41. The van der Waals surface area contributed by atoms with E-state index in [2.05, 4.69) is 17.4 Å². The highest BCUT2D eigenvalue weighted by Gasteiger charge is 2.32. The van der Waals surface area contributed by atoms with E-state index in [1.807, 2.05) is 54.0 Å². The third kappa shape index (κ3) is 7.65. The minimum absolute atomic E-state index is 0.138. The monoisotopic (exact) mass is 667 g/mol. The summed E-state index contributed by atoms with van der Waals surface area (Å²) in [6.45, 7) is 6.58. The minimum atomic E-state index is -0.878. The van der Waals surface area contributed by atoms with Crippen LogP contribution in [0.25, 0.3) is 11.0 Å². The molecule has 9 heteroatoms. The molecule has 2 fully saturated rings. The molecule has 1 atom stereocenters. The number of carbonyl (C=O) groups excluding carboxylic acids is 3. The Bertz CT molecular complexity index is 1860. The molecule has 0 radical (unpaired) electrons. The number of benzene rings is 3. The Morgan fingerprint density at radius 3 is 2.42 bits per heavy atom. The van der Waals surface area contributed by atoms with E-state index in [0.717, 1.165) is 43.4 Å². The molecule has 3 heterocycles. The van der Waals surface area contributed by atoms with Crippen LogP contribution in [0.4, 0.5) is 0 Å². The zero-order chi connectivity index (χ0) is 33.8. The zero-order valence-electron chi connectivity index (χ0n) is 27.5. The smallest absolute Gasteiger partial charge is 0.287 e. The first-order valence-corrected chi connectivity index (χ1v) is 17.3. The van der Waals surface area contributed by atoms with Crippen LogP contribution < -0.4 is 10.7 Å². The average Bonchev–Trinajstić information content (AvgIpc) is 3.09. The standard InChI is InChI=1S/C39H42ClN3O5/c1-25(2)28-12-15-35-32(22-28)34(44)23-36(48-35)38(46)41-33(21-26-10-13-30(40)14-11-26)39(47)42-19-16-27(17-20-42)31-8-4-3-7-29(31)24-43-18-6-5-9-37(43)45/h3-4,7-8,10-15,22-23,25,27,33H,5-6,9,16-21,24H2,1-2H3,(H,41,46)/t33-/m0/s1. The number of rotatable bonds is 9. The van der Waals surface area contributed by atoms with Gasteiger partial charge >= 0.3 is 0 Å². The van der Waals surface area contributed by atoms with Gasteiger partial charge in [-0.25, -0.2) is 0 Å². The number of fused-ring (bicyclic) bond motifs is 1. The molecule has 2 saturated heterocycles. The fraction of sp³-hybridized carbons (Fsp3) is 0.385. The molecule has 0 unspecified atom stereocenters. The fourth-order valence-corrected chi connectivity index (χ4v) is 7.00. The van der Waals surface area contributed by atoms with E-state index in [9.17, 15) is 19.2 Å². The Kier molecular flexibility index (Phi) is 10.3. The van der Waals surface area contributed by atoms with Crippen molar-refractivity contribution in [2.45, 2.75) is 76.8 Å². The zero-order valence-corrected chi connectivity index (χ0v) is 28.3. The van der Waals surface area contributed by atoms with Crippen LogP contribution in [0, 0.1) is 0 Å². The third-order valence-corrected chi connectivity index (χ3v) is 9.93. The third-order valence-electron chi connectivity index (χ3n) is 9.68. The van der Waals surface area contributed by atoms with Gasteiger partial charge in [0.2, 0.25) is 11.8 Å². The molecule has 3 amide bonds. The maximum Gasteiger partial charge on any atom is 0.287 e. The van der Waals surface area contributed by atoms with Crippen molar-refractivity contribution in [3.8, 4) is 0 Å². The first-order valence-electron chi connectivity index (χ1n) is 16.9.